The molecule has 0 spiro atoms. The van der Waals surface area contributed by atoms with E-state index < -0.39 is 17.9 Å². The summed E-state index contributed by atoms with van der Waals surface area (Å²) < 4.78 is 28.0. The Morgan fingerprint density at radius 2 is 1.77 bits per heavy atom. The second-order valence-corrected chi connectivity index (χ2v) is 6.90. The number of anilines is 4. The second kappa shape index (κ2) is 6.93. The number of hydrogen-bond donors (Lipinski definition) is 4. The van der Waals surface area contributed by atoms with Crippen LogP contribution < -0.4 is 21.3 Å². The molecule has 4 rings (SSSR count). The van der Waals surface area contributed by atoms with Crippen molar-refractivity contribution >= 4 is 23.1 Å². The number of halogens is 2. The van der Waals surface area contributed by atoms with Gasteiger partial charge in [-0.05, 0) is 37.5 Å². The summed E-state index contributed by atoms with van der Waals surface area (Å²) in [7, 11) is 0. The van der Waals surface area contributed by atoms with E-state index in [1.807, 2.05) is 0 Å². The summed E-state index contributed by atoms with van der Waals surface area (Å²) in [6.45, 7) is 1.65. The van der Waals surface area contributed by atoms with Crippen LogP contribution in [0.4, 0.5) is 31.9 Å². The van der Waals surface area contributed by atoms with Crippen LogP contribution in [0, 0.1) is 18.6 Å². The Balaban J connectivity index is 1.44. The Morgan fingerprint density at radius 3 is 2.50 bits per heavy atom. The first kappa shape index (κ1) is 16.8. The van der Waals surface area contributed by atoms with Gasteiger partial charge in [-0.2, -0.15) is 4.98 Å². The molecule has 0 saturated heterocycles. The topological polar surface area (TPSA) is 73.9 Å². The largest absolute Gasteiger partial charge is 0.351 e. The molecule has 0 amide bonds. The van der Waals surface area contributed by atoms with E-state index in [9.17, 15) is 8.78 Å². The molecular weight excluding hydrogens is 338 g/mol. The highest BCUT2D eigenvalue weighted by Gasteiger charge is 2.24. The van der Waals surface area contributed by atoms with Gasteiger partial charge >= 0.3 is 0 Å². The van der Waals surface area contributed by atoms with Gasteiger partial charge in [0.25, 0.3) is 0 Å². The summed E-state index contributed by atoms with van der Waals surface area (Å²) in [5.41, 5.74) is 1.04. The molecule has 1 aromatic heterocycles. The van der Waals surface area contributed by atoms with Crippen molar-refractivity contribution in [2.75, 3.05) is 21.3 Å². The SMILES string of the molecule is Cc1cc(F)c(NC2Nc3cnc(NC4CCCCC4)nc3N2)c(F)c1. The smallest absolute Gasteiger partial charge is 0.224 e. The molecule has 26 heavy (non-hydrogen) atoms. The zero-order chi connectivity index (χ0) is 18.1. The zero-order valence-corrected chi connectivity index (χ0v) is 14.6. The number of hydrogen-bond acceptors (Lipinski definition) is 6. The van der Waals surface area contributed by atoms with E-state index in [4.69, 9.17) is 0 Å². The van der Waals surface area contributed by atoms with E-state index in [-0.39, 0.29) is 5.69 Å². The number of aromatic nitrogens is 2. The average molecular weight is 360 g/mol. The molecule has 6 nitrogen and oxygen atoms in total. The summed E-state index contributed by atoms with van der Waals surface area (Å²) >= 11 is 0. The van der Waals surface area contributed by atoms with Crippen LogP contribution in [-0.2, 0) is 0 Å². The molecule has 1 fully saturated rings. The summed E-state index contributed by atoms with van der Waals surface area (Å²) in [4.78, 5) is 8.81. The van der Waals surface area contributed by atoms with Gasteiger partial charge < -0.3 is 21.3 Å². The molecule has 0 bridgehead atoms. The van der Waals surface area contributed by atoms with Crippen LogP contribution in [-0.4, -0.2) is 22.3 Å². The van der Waals surface area contributed by atoms with Crippen molar-refractivity contribution in [3.63, 3.8) is 0 Å². The van der Waals surface area contributed by atoms with Gasteiger partial charge in [-0.1, -0.05) is 19.3 Å². The molecule has 0 radical (unpaired) electrons. The van der Waals surface area contributed by atoms with Crippen LogP contribution in [0.25, 0.3) is 0 Å². The molecule has 2 heterocycles. The van der Waals surface area contributed by atoms with Crippen molar-refractivity contribution in [2.24, 2.45) is 0 Å². The minimum absolute atomic E-state index is 0.179. The number of aryl methyl sites for hydroxylation is 1. The standard InChI is InChI=1S/C18H22F2N6/c1-10-7-12(19)15(13(20)8-10)24-18-23-14-9-21-17(25-16(14)26-18)22-11-5-3-2-4-6-11/h7-9,11,18,23-24H,2-6H2,1H3,(H2,21,22,25,26). The van der Waals surface area contributed by atoms with Gasteiger partial charge in [-0.25, -0.2) is 13.8 Å². The van der Waals surface area contributed by atoms with E-state index in [1.54, 1.807) is 13.1 Å². The molecule has 2 aliphatic rings. The van der Waals surface area contributed by atoms with E-state index in [2.05, 4.69) is 31.2 Å². The van der Waals surface area contributed by atoms with Crippen molar-refractivity contribution in [3.05, 3.63) is 35.5 Å². The van der Waals surface area contributed by atoms with Crippen molar-refractivity contribution in [2.45, 2.75) is 51.4 Å². The summed E-state index contributed by atoms with van der Waals surface area (Å²) in [6, 6.07) is 2.99. The maximum Gasteiger partial charge on any atom is 0.224 e. The van der Waals surface area contributed by atoms with Crippen molar-refractivity contribution < 1.29 is 8.78 Å². The maximum atomic E-state index is 14.0. The predicted octanol–water partition coefficient (Wildman–Crippen LogP) is 4.04. The molecule has 1 unspecified atom stereocenters. The molecule has 1 atom stereocenters. The van der Waals surface area contributed by atoms with Crippen LogP contribution in [0.1, 0.15) is 37.7 Å². The monoisotopic (exact) mass is 360 g/mol. The van der Waals surface area contributed by atoms with Gasteiger partial charge in [0.2, 0.25) is 5.95 Å². The zero-order valence-electron chi connectivity index (χ0n) is 14.6. The molecular formula is C18H22F2N6. The highest BCUT2D eigenvalue weighted by molar-refractivity contribution is 5.72. The normalized spacial score (nSPS) is 19.4. The number of fused-ring (bicyclic) bond motifs is 1. The molecule has 8 heteroatoms. The first-order valence-corrected chi connectivity index (χ1v) is 8.97. The van der Waals surface area contributed by atoms with Gasteiger partial charge in [-0.15, -0.1) is 0 Å². The van der Waals surface area contributed by atoms with Gasteiger partial charge in [-0.3, -0.25) is 0 Å². The quantitative estimate of drug-likeness (QED) is 0.659. The van der Waals surface area contributed by atoms with Crippen molar-refractivity contribution in [1.82, 2.24) is 9.97 Å². The number of nitrogens with zero attached hydrogens (tertiary/aromatic N) is 2. The first-order valence-electron chi connectivity index (χ1n) is 8.97. The fourth-order valence-corrected chi connectivity index (χ4v) is 3.48. The summed E-state index contributed by atoms with van der Waals surface area (Å²) in [5, 5.41) is 12.3. The minimum atomic E-state index is -0.632. The van der Waals surface area contributed by atoms with E-state index in [0.29, 0.717) is 29.1 Å². The lowest BCUT2D eigenvalue weighted by atomic mass is 9.96. The lowest BCUT2D eigenvalue weighted by molar-refractivity contribution is 0.461. The number of benzene rings is 1. The maximum absolute atomic E-state index is 14.0. The molecule has 138 valence electrons. The third-order valence-corrected chi connectivity index (χ3v) is 4.78. The molecule has 2 aromatic rings. The fourth-order valence-electron chi connectivity index (χ4n) is 3.48. The van der Waals surface area contributed by atoms with Crippen LogP contribution in [0.5, 0.6) is 0 Å². The number of nitrogens with one attached hydrogen (secondary N) is 4. The van der Waals surface area contributed by atoms with Crippen LogP contribution in [0.15, 0.2) is 18.3 Å². The Hall–Kier alpha value is -2.64. The third kappa shape index (κ3) is 3.49. The van der Waals surface area contributed by atoms with Crippen LogP contribution >= 0.6 is 0 Å². The lowest BCUT2D eigenvalue weighted by Gasteiger charge is -2.22. The molecule has 4 N–H and O–H groups in total. The average Bonchev–Trinajstić information content (AvgIpc) is 3.01. The molecule has 1 aromatic carbocycles. The van der Waals surface area contributed by atoms with Crippen molar-refractivity contribution in [1.29, 1.82) is 0 Å². The van der Waals surface area contributed by atoms with E-state index in [1.165, 1.54) is 31.4 Å². The van der Waals surface area contributed by atoms with Gasteiger partial charge in [0.15, 0.2) is 12.1 Å². The Kier molecular flexibility index (Phi) is 4.48. The molecule has 1 aliphatic carbocycles. The van der Waals surface area contributed by atoms with Crippen LogP contribution in [0.3, 0.4) is 0 Å². The van der Waals surface area contributed by atoms with E-state index >= 15 is 0 Å². The van der Waals surface area contributed by atoms with Gasteiger partial charge in [0.1, 0.15) is 17.3 Å². The minimum Gasteiger partial charge on any atom is -0.351 e. The highest BCUT2D eigenvalue weighted by Crippen LogP contribution is 2.30. The molecule has 1 aliphatic heterocycles. The first-order chi connectivity index (χ1) is 12.6. The van der Waals surface area contributed by atoms with Crippen LogP contribution in [0.2, 0.25) is 0 Å². The fraction of sp³-hybridized carbons (Fsp3) is 0.444. The van der Waals surface area contributed by atoms with Gasteiger partial charge in [0, 0.05) is 6.04 Å². The van der Waals surface area contributed by atoms with Crippen molar-refractivity contribution in [3.8, 4) is 0 Å². The Labute approximate surface area is 150 Å². The third-order valence-electron chi connectivity index (χ3n) is 4.78. The summed E-state index contributed by atoms with van der Waals surface area (Å²) in [5.74, 6) is -0.0948. The Bertz CT molecular complexity index is 783. The summed E-state index contributed by atoms with van der Waals surface area (Å²) in [6.07, 6.45) is 7.09. The number of rotatable bonds is 4. The van der Waals surface area contributed by atoms with E-state index in [0.717, 1.165) is 12.8 Å². The highest BCUT2D eigenvalue weighted by atomic mass is 19.1. The molecule has 1 saturated carbocycles. The predicted molar refractivity (Wildman–Crippen MR) is 98.3 cm³/mol. The van der Waals surface area contributed by atoms with Gasteiger partial charge in [0.05, 0.1) is 11.9 Å². The second-order valence-electron chi connectivity index (χ2n) is 6.90. The Morgan fingerprint density at radius 1 is 1.04 bits per heavy atom. The lowest BCUT2D eigenvalue weighted by Crippen LogP contribution is -2.32.